The molecule has 80 valence electrons. The SMILES string of the molecule is O=C(COCCC1CC1)C1CCOC1. The minimum Gasteiger partial charge on any atom is -0.381 e. The molecule has 0 bridgehead atoms. The molecule has 3 nitrogen and oxygen atoms in total. The minimum atomic E-state index is 0.107. The monoisotopic (exact) mass is 198 g/mol. The van der Waals surface area contributed by atoms with Gasteiger partial charge in [0, 0.05) is 19.1 Å². The molecule has 1 saturated carbocycles. The second kappa shape index (κ2) is 4.89. The first kappa shape index (κ1) is 10.1. The van der Waals surface area contributed by atoms with Crippen molar-refractivity contribution < 1.29 is 14.3 Å². The van der Waals surface area contributed by atoms with Crippen LogP contribution < -0.4 is 0 Å². The number of hydrogen-bond donors (Lipinski definition) is 0. The van der Waals surface area contributed by atoms with Crippen LogP contribution in [0.3, 0.4) is 0 Å². The van der Waals surface area contributed by atoms with Crippen LogP contribution in [-0.4, -0.2) is 32.2 Å². The Kier molecular flexibility index (Phi) is 3.54. The van der Waals surface area contributed by atoms with Gasteiger partial charge in [0.25, 0.3) is 0 Å². The standard InChI is InChI=1S/C11H18O3/c12-11(10-4-6-13-7-10)8-14-5-3-9-1-2-9/h9-10H,1-8H2. The molecule has 2 rings (SSSR count). The number of hydrogen-bond acceptors (Lipinski definition) is 3. The van der Waals surface area contributed by atoms with Crippen LogP contribution in [0.5, 0.6) is 0 Å². The topological polar surface area (TPSA) is 35.5 Å². The van der Waals surface area contributed by atoms with E-state index in [4.69, 9.17) is 9.47 Å². The maximum Gasteiger partial charge on any atom is 0.163 e. The summed E-state index contributed by atoms with van der Waals surface area (Å²) in [5.41, 5.74) is 0. The fourth-order valence-corrected chi connectivity index (χ4v) is 1.74. The minimum absolute atomic E-state index is 0.107. The van der Waals surface area contributed by atoms with Crippen molar-refractivity contribution in [3.63, 3.8) is 0 Å². The number of carbonyl (C=O) groups excluding carboxylic acids is 1. The Morgan fingerprint density at radius 3 is 2.86 bits per heavy atom. The lowest BCUT2D eigenvalue weighted by Crippen LogP contribution is -2.20. The first-order valence-corrected chi connectivity index (χ1v) is 5.54. The summed E-state index contributed by atoms with van der Waals surface area (Å²) in [7, 11) is 0. The van der Waals surface area contributed by atoms with Gasteiger partial charge < -0.3 is 9.47 Å². The van der Waals surface area contributed by atoms with Gasteiger partial charge in [0.05, 0.1) is 6.61 Å². The van der Waals surface area contributed by atoms with E-state index in [0.717, 1.165) is 32.0 Å². The number of carbonyl (C=O) groups is 1. The summed E-state index contributed by atoms with van der Waals surface area (Å²) in [6.07, 6.45) is 4.72. The summed E-state index contributed by atoms with van der Waals surface area (Å²) in [4.78, 5) is 11.5. The smallest absolute Gasteiger partial charge is 0.163 e. The Labute approximate surface area is 84.8 Å². The van der Waals surface area contributed by atoms with E-state index in [0.29, 0.717) is 13.2 Å². The van der Waals surface area contributed by atoms with Gasteiger partial charge in [-0.25, -0.2) is 0 Å². The fourth-order valence-electron chi connectivity index (χ4n) is 1.74. The molecule has 2 aliphatic rings. The first-order valence-electron chi connectivity index (χ1n) is 5.54. The molecule has 14 heavy (non-hydrogen) atoms. The van der Waals surface area contributed by atoms with Crippen LogP contribution in [0.1, 0.15) is 25.7 Å². The second-order valence-electron chi connectivity index (χ2n) is 4.31. The van der Waals surface area contributed by atoms with Crippen LogP contribution in [0.25, 0.3) is 0 Å². The van der Waals surface area contributed by atoms with Crippen molar-refractivity contribution in [1.82, 2.24) is 0 Å². The average molecular weight is 198 g/mol. The van der Waals surface area contributed by atoms with Gasteiger partial charge in [-0.1, -0.05) is 12.8 Å². The lowest BCUT2D eigenvalue weighted by molar-refractivity contribution is -0.127. The van der Waals surface area contributed by atoms with Crippen molar-refractivity contribution in [1.29, 1.82) is 0 Å². The van der Waals surface area contributed by atoms with Crippen LogP contribution in [0.15, 0.2) is 0 Å². The zero-order valence-corrected chi connectivity index (χ0v) is 8.54. The van der Waals surface area contributed by atoms with Crippen molar-refractivity contribution in [2.75, 3.05) is 26.4 Å². The Morgan fingerprint density at radius 2 is 2.21 bits per heavy atom. The molecule has 1 unspecified atom stereocenters. The molecule has 0 spiro atoms. The largest absolute Gasteiger partial charge is 0.381 e. The molecule has 1 aliphatic heterocycles. The van der Waals surface area contributed by atoms with Gasteiger partial charge in [-0.3, -0.25) is 4.79 Å². The van der Waals surface area contributed by atoms with Crippen LogP contribution in [-0.2, 0) is 14.3 Å². The van der Waals surface area contributed by atoms with E-state index in [1.54, 1.807) is 0 Å². The van der Waals surface area contributed by atoms with E-state index in [9.17, 15) is 4.79 Å². The lowest BCUT2D eigenvalue weighted by atomic mass is 10.0. The van der Waals surface area contributed by atoms with Crippen molar-refractivity contribution in [2.24, 2.45) is 11.8 Å². The summed E-state index contributed by atoms with van der Waals surface area (Å²) in [6.45, 7) is 2.38. The molecule has 0 aromatic rings. The predicted octanol–water partition coefficient (Wildman–Crippen LogP) is 1.41. The van der Waals surface area contributed by atoms with E-state index in [-0.39, 0.29) is 11.7 Å². The molecular weight excluding hydrogens is 180 g/mol. The lowest BCUT2D eigenvalue weighted by Gasteiger charge is -2.06. The quantitative estimate of drug-likeness (QED) is 0.605. The third-order valence-corrected chi connectivity index (χ3v) is 3.00. The van der Waals surface area contributed by atoms with E-state index in [1.165, 1.54) is 12.8 Å². The Bertz CT molecular complexity index is 193. The van der Waals surface area contributed by atoms with Crippen molar-refractivity contribution >= 4 is 5.78 Å². The molecule has 2 fully saturated rings. The van der Waals surface area contributed by atoms with E-state index >= 15 is 0 Å². The van der Waals surface area contributed by atoms with Gasteiger partial charge in [-0.05, 0) is 18.8 Å². The molecular formula is C11H18O3. The van der Waals surface area contributed by atoms with Crippen molar-refractivity contribution in [3.8, 4) is 0 Å². The zero-order chi connectivity index (χ0) is 9.80. The predicted molar refractivity (Wildman–Crippen MR) is 52.1 cm³/mol. The molecule has 0 N–H and O–H groups in total. The van der Waals surface area contributed by atoms with Crippen LogP contribution >= 0.6 is 0 Å². The van der Waals surface area contributed by atoms with Gasteiger partial charge in [-0.2, -0.15) is 0 Å². The van der Waals surface area contributed by atoms with E-state index in [2.05, 4.69) is 0 Å². The summed E-state index contributed by atoms with van der Waals surface area (Å²) in [6, 6.07) is 0. The molecule has 1 heterocycles. The normalized spacial score (nSPS) is 26.7. The van der Waals surface area contributed by atoms with Gasteiger partial charge in [0.15, 0.2) is 5.78 Å². The highest BCUT2D eigenvalue weighted by atomic mass is 16.5. The highest BCUT2D eigenvalue weighted by molar-refractivity contribution is 5.82. The van der Waals surface area contributed by atoms with Crippen LogP contribution in [0.2, 0.25) is 0 Å². The maximum absolute atomic E-state index is 11.5. The number of ketones is 1. The fraction of sp³-hybridized carbons (Fsp3) is 0.909. The average Bonchev–Trinajstić information content (AvgIpc) is 2.84. The van der Waals surface area contributed by atoms with Crippen molar-refractivity contribution in [3.05, 3.63) is 0 Å². The summed E-state index contributed by atoms with van der Waals surface area (Å²) < 4.78 is 10.5. The number of Topliss-reactive ketones (excluding diaryl/α,β-unsaturated/α-hetero) is 1. The molecule has 3 heteroatoms. The Balaban J connectivity index is 1.52. The van der Waals surface area contributed by atoms with Crippen LogP contribution in [0, 0.1) is 11.8 Å². The molecule has 1 atom stereocenters. The molecule has 1 saturated heterocycles. The molecule has 0 radical (unpaired) electrons. The first-order chi connectivity index (χ1) is 6.86. The molecule has 0 aromatic heterocycles. The van der Waals surface area contributed by atoms with Gasteiger partial charge in [0.2, 0.25) is 0 Å². The zero-order valence-electron chi connectivity index (χ0n) is 8.54. The van der Waals surface area contributed by atoms with Crippen LogP contribution in [0.4, 0.5) is 0 Å². The van der Waals surface area contributed by atoms with E-state index in [1.807, 2.05) is 0 Å². The van der Waals surface area contributed by atoms with Gasteiger partial charge in [0.1, 0.15) is 6.61 Å². The number of rotatable bonds is 6. The third kappa shape index (κ3) is 3.07. The van der Waals surface area contributed by atoms with E-state index < -0.39 is 0 Å². The number of ether oxygens (including phenoxy) is 2. The van der Waals surface area contributed by atoms with Gasteiger partial charge >= 0.3 is 0 Å². The maximum atomic E-state index is 11.5. The highest BCUT2D eigenvalue weighted by Gasteiger charge is 2.24. The summed E-state index contributed by atoms with van der Waals surface area (Å²) >= 11 is 0. The van der Waals surface area contributed by atoms with Gasteiger partial charge in [-0.15, -0.1) is 0 Å². The molecule has 1 aliphatic carbocycles. The third-order valence-electron chi connectivity index (χ3n) is 3.00. The Hall–Kier alpha value is -0.410. The molecule has 0 amide bonds. The molecule has 0 aromatic carbocycles. The second-order valence-corrected chi connectivity index (χ2v) is 4.31. The summed E-state index contributed by atoms with van der Waals surface area (Å²) in [5.74, 6) is 1.22. The highest BCUT2D eigenvalue weighted by Crippen LogP contribution is 2.32. The summed E-state index contributed by atoms with van der Waals surface area (Å²) in [5, 5.41) is 0. The Morgan fingerprint density at radius 1 is 1.36 bits per heavy atom. The van der Waals surface area contributed by atoms with Crippen molar-refractivity contribution in [2.45, 2.75) is 25.7 Å².